The van der Waals surface area contributed by atoms with Crippen LogP contribution in [-0.2, 0) is 9.59 Å². The van der Waals surface area contributed by atoms with Crippen molar-refractivity contribution in [3.8, 4) is 0 Å². The van der Waals surface area contributed by atoms with Gasteiger partial charge in [0, 0.05) is 6.54 Å². The van der Waals surface area contributed by atoms with Crippen LogP contribution < -0.4 is 5.32 Å². The topological polar surface area (TPSA) is 49.4 Å². The average Bonchev–Trinajstić information content (AvgIpc) is 2.36. The van der Waals surface area contributed by atoms with Gasteiger partial charge in [-0.05, 0) is 31.6 Å². The van der Waals surface area contributed by atoms with E-state index in [2.05, 4.69) is 19.2 Å². The molecule has 110 valence electrons. The summed E-state index contributed by atoms with van der Waals surface area (Å²) >= 11 is 0. The molecular formula is C15H28N2O2. The number of nitrogens with zero attached hydrogens (tertiary/aromatic N) is 1. The van der Waals surface area contributed by atoms with Crippen LogP contribution in [0.3, 0.4) is 0 Å². The number of piperazine rings is 1. The molecule has 1 heterocycles. The molecule has 0 spiro atoms. The lowest BCUT2D eigenvalue weighted by Gasteiger charge is -2.48. The molecule has 4 heteroatoms. The average molecular weight is 268 g/mol. The van der Waals surface area contributed by atoms with Gasteiger partial charge in [-0.25, -0.2) is 0 Å². The highest BCUT2D eigenvalue weighted by molar-refractivity contribution is 5.99. The van der Waals surface area contributed by atoms with Crippen LogP contribution in [0.25, 0.3) is 0 Å². The smallest absolute Gasteiger partial charge is 0.246 e. The standard InChI is InChI=1S/C15H28N2O2/c1-6-9-17-13(18)12(10-11(4)5)16-14(19)15(17,7-2)8-3/h11-12H,6-10H2,1-5H3,(H,16,19). The van der Waals surface area contributed by atoms with Crippen molar-refractivity contribution in [1.29, 1.82) is 0 Å². The van der Waals surface area contributed by atoms with E-state index >= 15 is 0 Å². The van der Waals surface area contributed by atoms with Gasteiger partial charge in [0.2, 0.25) is 11.8 Å². The Hall–Kier alpha value is -1.06. The summed E-state index contributed by atoms with van der Waals surface area (Å²) in [6, 6.07) is -0.342. The Bertz CT molecular complexity index is 335. The minimum atomic E-state index is -0.638. The van der Waals surface area contributed by atoms with E-state index < -0.39 is 5.54 Å². The van der Waals surface area contributed by atoms with Crippen molar-refractivity contribution >= 4 is 11.8 Å². The van der Waals surface area contributed by atoms with Gasteiger partial charge in [-0.3, -0.25) is 9.59 Å². The minimum absolute atomic E-state index is 0.0243. The molecule has 4 nitrogen and oxygen atoms in total. The summed E-state index contributed by atoms with van der Waals surface area (Å²) in [7, 11) is 0. The third kappa shape index (κ3) is 2.93. The Labute approximate surface area is 116 Å². The first-order valence-electron chi connectivity index (χ1n) is 7.55. The number of nitrogens with one attached hydrogen (secondary N) is 1. The molecule has 19 heavy (non-hydrogen) atoms. The summed E-state index contributed by atoms with van der Waals surface area (Å²) in [4.78, 5) is 27.0. The van der Waals surface area contributed by atoms with Crippen LogP contribution >= 0.6 is 0 Å². The first-order valence-corrected chi connectivity index (χ1v) is 7.55. The van der Waals surface area contributed by atoms with Crippen LogP contribution in [0.15, 0.2) is 0 Å². The van der Waals surface area contributed by atoms with Crippen LogP contribution in [0.4, 0.5) is 0 Å². The Morgan fingerprint density at radius 2 is 1.79 bits per heavy atom. The summed E-state index contributed by atoms with van der Waals surface area (Å²) in [5.41, 5.74) is -0.638. The lowest BCUT2D eigenvalue weighted by Crippen LogP contribution is -2.70. The van der Waals surface area contributed by atoms with E-state index in [9.17, 15) is 9.59 Å². The SMILES string of the molecule is CCCN1C(=O)C(CC(C)C)NC(=O)C1(CC)CC. The molecule has 1 saturated heterocycles. The largest absolute Gasteiger partial charge is 0.342 e. The lowest BCUT2D eigenvalue weighted by atomic mass is 9.84. The molecule has 0 bridgehead atoms. The first-order chi connectivity index (χ1) is 8.92. The maximum Gasteiger partial charge on any atom is 0.246 e. The number of carbonyl (C=O) groups excluding carboxylic acids is 2. The van der Waals surface area contributed by atoms with Gasteiger partial charge in [-0.1, -0.05) is 34.6 Å². The molecule has 1 N–H and O–H groups in total. The van der Waals surface area contributed by atoms with Crippen LogP contribution in [0.1, 0.15) is 60.3 Å². The van der Waals surface area contributed by atoms with Crippen molar-refractivity contribution in [3.63, 3.8) is 0 Å². The second-order valence-corrected chi connectivity index (χ2v) is 5.88. The molecule has 0 aromatic carbocycles. The summed E-state index contributed by atoms with van der Waals surface area (Å²) in [5, 5.41) is 2.95. The van der Waals surface area contributed by atoms with E-state index in [4.69, 9.17) is 0 Å². The van der Waals surface area contributed by atoms with Crippen molar-refractivity contribution in [1.82, 2.24) is 10.2 Å². The number of rotatable bonds is 6. The van der Waals surface area contributed by atoms with E-state index in [0.29, 0.717) is 31.7 Å². The second-order valence-electron chi connectivity index (χ2n) is 5.88. The monoisotopic (exact) mass is 268 g/mol. The Balaban J connectivity index is 3.05. The maximum atomic E-state index is 12.6. The fraction of sp³-hybridized carbons (Fsp3) is 0.867. The van der Waals surface area contributed by atoms with E-state index in [1.54, 1.807) is 0 Å². The van der Waals surface area contributed by atoms with Crippen LogP contribution in [-0.4, -0.2) is 34.8 Å². The normalized spacial score (nSPS) is 22.8. The van der Waals surface area contributed by atoms with Gasteiger partial charge in [0.15, 0.2) is 0 Å². The number of hydrogen-bond donors (Lipinski definition) is 1. The van der Waals surface area contributed by atoms with Gasteiger partial charge in [0.05, 0.1) is 0 Å². The van der Waals surface area contributed by atoms with Crippen molar-refractivity contribution < 1.29 is 9.59 Å². The Morgan fingerprint density at radius 3 is 2.21 bits per heavy atom. The molecular weight excluding hydrogens is 240 g/mol. The number of carbonyl (C=O) groups is 2. The fourth-order valence-electron chi connectivity index (χ4n) is 3.01. The van der Waals surface area contributed by atoms with Gasteiger partial charge in [0.25, 0.3) is 0 Å². The Kier molecular flexibility index (Phi) is 5.39. The van der Waals surface area contributed by atoms with Crippen molar-refractivity contribution in [3.05, 3.63) is 0 Å². The van der Waals surface area contributed by atoms with E-state index in [0.717, 1.165) is 6.42 Å². The molecule has 1 aliphatic rings. The van der Waals surface area contributed by atoms with E-state index in [-0.39, 0.29) is 17.9 Å². The molecule has 1 atom stereocenters. The van der Waals surface area contributed by atoms with Crippen LogP contribution in [0, 0.1) is 5.92 Å². The molecule has 1 fully saturated rings. The van der Waals surface area contributed by atoms with Crippen molar-refractivity contribution in [2.24, 2.45) is 5.92 Å². The number of amides is 2. The highest BCUT2D eigenvalue weighted by atomic mass is 16.2. The quantitative estimate of drug-likeness (QED) is 0.803. The predicted molar refractivity (Wildman–Crippen MR) is 76.7 cm³/mol. The zero-order chi connectivity index (χ0) is 14.6. The highest BCUT2D eigenvalue weighted by Crippen LogP contribution is 2.30. The van der Waals surface area contributed by atoms with Gasteiger partial charge < -0.3 is 10.2 Å². The van der Waals surface area contributed by atoms with Gasteiger partial charge in [-0.2, -0.15) is 0 Å². The lowest BCUT2D eigenvalue weighted by molar-refractivity contribution is -0.158. The number of hydrogen-bond acceptors (Lipinski definition) is 2. The molecule has 0 aromatic heterocycles. The zero-order valence-corrected chi connectivity index (χ0v) is 13.0. The molecule has 1 unspecified atom stereocenters. The second kappa shape index (κ2) is 6.40. The van der Waals surface area contributed by atoms with Crippen LogP contribution in [0.5, 0.6) is 0 Å². The molecule has 0 aromatic rings. The third-order valence-corrected chi connectivity index (χ3v) is 4.13. The zero-order valence-electron chi connectivity index (χ0n) is 13.0. The van der Waals surface area contributed by atoms with Gasteiger partial charge in [0.1, 0.15) is 11.6 Å². The highest BCUT2D eigenvalue weighted by Gasteiger charge is 2.49. The van der Waals surface area contributed by atoms with Gasteiger partial charge >= 0.3 is 0 Å². The van der Waals surface area contributed by atoms with Crippen molar-refractivity contribution in [2.75, 3.05) is 6.54 Å². The molecule has 1 aliphatic heterocycles. The maximum absolute atomic E-state index is 12.6. The summed E-state index contributed by atoms with van der Waals surface area (Å²) in [6.07, 6.45) is 2.95. The van der Waals surface area contributed by atoms with Gasteiger partial charge in [-0.15, -0.1) is 0 Å². The predicted octanol–water partition coefficient (Wildman–Crippen LogP) is 2.33. The fourth-order valence-corrected chi connectivity index (χ4v) is 3.01. The summed E-state index contributed by atoms with van der Waals surface area (Å²) < 4.78 is 0. The van der Waals surface area contributed by atoms with E-state index in [1.165, 1.54) is 0 Å². The first kappa shape index (κ1) is 16.0. The van der Waals surface area contributed by atoms with Crippen LogP contribution in [0.2, 0.25) is 0 Å². The summed E-state index contributed by atoms with van der Waals surface area (Å²) in [6.45, 7) is 10.8. The van der Waals surface area contributed by atoms with Crippen molar-refractivity contribution in [2.45, 2.75) is 71.9 Å². The molecule has 2 amide bonds. The molecule has 0 aliphatic carbocycles. The third-order valence-electron chi connectivity index (χ3n) is 4.13. The molecule has 0 radical (unpaired) electrons. The molecule has 0 saturated carbocycles. The minimum Gasteiger partial charge on any atom is -0.342 e. The Morgan fingerprint density at radius 1 is 1.21 bits per heavy atom. The molecule has 1 rings (SSSR count). The summed E-state index contributed by atoms with van der Waals surface area (Å²) in [5.74, 6) is 0.517. The van der Waals surface area contributed by atoms with E-state index in [1.807, 2.05) is 25.7 Å².